The fraction of sp³-hybridized carbons (Fsp3) is 0.0625. The number of para-hydroxylation sites is 1. The minimum atomic E-state index is -0.241. The first kappa shape index (κ1) is 22.9. The zero-order valence-corrected chi connectivity index (χ0v) is 21.0. The van der Waals surface area contributed by atoms with E-state index in [0.717, 1.165) is 39.8 Å². The number of hydrazone groups is 1. The summed E-state index contributed by atoms with van der Waals surface area (Å²) < 4.78 is 1.26. The molecule has 1 aliphatic rings. The first-order valence-electron chi connectivity index (χ1n) is 12.8. The molecule has 3 heterocycles. The van der Waals surface area contributed by atoms with Crippen LogP contribution in [0.3, 0.4) is 0 Å². The van der Waals surface area contributed by atoms with Crippen LogP contribution in [0, 0.1) is 0 Å². The lowest BCUT2D eigenvalue weighted by molar-refractivity contribution is 0.709. The van der Waals surface area contributed by atoms with E-state index in [0.29, 0.717) is 11.0 Å². The Morgan fingerprint density at radius 3 is 2.36 bits per heavy atom. The summed E-state index contributed by atoms with van der Waals surface area (Å²) >= 11 is 0. The van der Waals surface area contributed by atoms with Crippen molar-refractivity contribution in [3.8, 4) is 0 Å². The van der Waals surface area contributed by atoms with Gasteiger partial charge in [0.2, 0.25) is 0 Å². The van der Waals surface area contributed by atoms with Crippen LogP contribution in [0.5, 0.6) is 0 Å². The van der Waals surface area contributed by atoms with Crippen LogP contribution in [0.15, 0.2) is 131 Å². The lowest BCUT2D eigenvalue weighted by Crippen LogP contribution is -2.18. The maximum absolute atomic E-state index is 13.0. The standard InChI is InChI=1S/C32H24N6O/c39-32-31-30(26-13-7-8-14-27(26)35-31)33-21-37(32)34-20-22-15-17-25(18-16-22)38-29(24-11-5-2-6-12-24)19-28(36-38)23-9-3-1-4-10-23/h1-18,20-21,29,35H,19H2/b34-20+. The van der Waals surface area contributed by atoms with Gasteiger partial charge in [-0.2, -0.15) is 14.9 Å². The zero-order chi connectivity index (χ0) is 26.2. The van der Waals surface area contributed by atoms with E-state index in [1.54, 1.807) is 6.21 Å². The molecule has 39 heavy (non-hydrogen) atoms. The van der Waals surface area contributed by atoms with E-state index >= 15 is 0 Å². The van der Waals surface area contributed by atoms with Crippen molar-refractivity contribution in [2.45, 2.75) is 12.5 Å². The monoisotopic (exact) mass is 508 g/mol. The van der Waals surface area contributed by atoms with Gasteiger partial charge in [-0.25, -0.2) is 4.98 Å². The van der Waals surface area contributed by atoms with Crippen molar-refractivity contribution >= 4 is 39.5 Å². The molecule has 0 bridgehead atoms. The molecule has 1 atom stereocenters. The van der Waals surface area contributed by atoms with Crippen LogP contribution >= 0.6 is 0 Å². The van der Waals surface area contributed by atoms with Crippen molar-refractivity contribution < 1.29 is 0 Å². The lowest BCUT2D eigenvalue weighted by Gasteiger charge is -2.24. The van der Waals surface area contributed by atoms with Crippen molar-refractivity contribution in [1.29, 1.82) is 0 Å². The Labute approximate surface area is 224 Å². The number of rotatable bonds is 5. The second kappa shape index (κ2) is 9.54. The predicted octanol–water partition coefficient (Wildman–Crippen LogP) is 6.12. The number of hydrogen-bond donors (Lipinski definition) is 1. The van der Waals surface area contributed by atoms with Gasteiger partial charge in [-0.05, 0) is 34.9 Å². The van der Waals surface area contributed by atoms with Gasteiger partial charge >= 0.3 is 0 Å². The third-order valence-electron chi connectivity index (χ3n) is 7.09. The zero-order valence-electron chi connectivity index (χ0n) is 21.0. The third kappa shape index (κ3) is 4.20. The Hall–Kier alpha value is -5.30. The number of H-pyrrole nitrogens is 1. The average molecular weight is 509 g/mol. The second-order valence-corrected chi connectivity index (χ2v) is 9.51. The summed E-state index contributed by atoms with van der Waals surface area (Å²) in [5.41, 5.74) is 7.01. The number of fused-ring (bicyclic) bond motifs is 3. The van der Waals surface area contributed by atoms with Gasteiger partial charge < -0.3 is 4.98 Å². The topological polar surface area (TPSA) is 78.6 Å². The number of hydrogen-bond acceptors (Lipinski definition) is 5. The summed E-state index contributed by atoms with van der Waals surface area (Å²) in [7, 11) is 0. The van der Waals surface area contributed by atoms with Crippen LogP contribution in [0.1, 0.15) is 29.2 Å². The van der Waals surface area contributed by atoms with Gasteiger partial charge in [-0.3, -0.25) is 9.80 Å². The fourth-order valence-electron chi connectivity index (χ4n) is 5.11. The second-order valence-electron chi connectivity index (χ2n) is 9.51. The molecule has 0 aliphatic carbocycles. The molecule has 7 rings (SSSR count). The highest BCUT2D eigenvalue weighted by Crippen LogP contribution is 2.36. The minimum absolute atomic E-state index is 0.105. The molecule has 0 fully saturated rings. The molecule has 1 aliphatic heterocycles. The molecular weight excluding hydrogens is 484 g/mol. The summed E-state index contributed by atoms with van der Waals surface area (Å²) in [6, 6.07) is 36.7. The highest BCUT2D eigenvalue weighted by Gasteiger charge is 2.29. The van der Waals surface area contributed by atoms with E-state index < -0.39 is 0 Å². The summed E-state index contributed by atoms with van der Waals surface area (Å²) in [6.45, 7) is 0. The van der Waals surface area contributed by atoms with E-state index in [-0.39, 0.29) is 11.6 Å². The van der Waals surface area contributed by atoms with Gasteiger partial charge in [0.15, 0.2) is 0 Å². The van der Waals surface area contributed by atoms with E-state index in [1.807, 2.05) is 72.8 Å². The summed E-state index contributed by atoms with van der Waals surface area (Å²) in [6.07, 6.45) is 3.95. The number of nitrogens with zero attached hydrogens (tertiary/aromatic N) is 5. The van der Waals surface area contributed by atoms with Gasteiger partial charge in [-0.15, -0.1) is 0 Å². The molecule has 6 aromatic rings. The predicted molar refractivity (Wildman–Crippen MR) is 157 cm³/mol. The molecule has 0 radical (unpaired) electrons. The smallest absolute Gasteiger partial charge is 0.298 e. The van der Waals surface area contributed by atoms with Crippen molar-refractivity contribution in [2.75, 3.05) is 5.01 Å². The molecule has 188 valence electrons. The summed E-state index contributed by atoms with van der Waals surface area (Å²) in [5.74, 6) is 0. The first-order valence-corrected chi connectivity index (χ1v) is 12.8. The van der Waals surface area contributed by atoms with Crippen LogP contribution in [-0.4, -0.2) is 26.6 Å². The van der Waals surface area contributed by atoms with Crippen LogP contribution in [0.2, 0.25) is 0 Å². The largest absolute Gasteiger partial charge is 0.349 e. The molecule has 7 nitrogen and oxygen atoms in total. The van der Waals surface area contributed by atoms with E-state index in [2.05, 4.69) is 56.5 Å². The van der Waals surface area contributed by atoms with Crippen LogP contribution < -0.4 is 10.6 Å². The third-order valence-corrected chi connectivity index (χ3v) is 7.09. The Morgan fingerprint density at radius 1 is 0.846 bits per heavy atom. The SMILES string of the molecule is O=c1c2[nH]c3ccccc3c2ncn1/N=C/c1ccc(N2N=C(c3ccccc3)CC2c2ccccc2)cc1. The number of benzene rings is 4. The van der Waals surface area contributed by atoms with E-state index in [9.17, 15) is 4.79 Å². The number of aromatic nitrogens is 3. The molecule has 0 spiro atoms. The van der Waals surface area contributed by atoms with Gasteiger partial charge in [0.25, 0.3) is 5.56 Å². The molecule has 7 heteroatoms. The Morgan fingerprint density at radius 2 is 1.56 bits per heavy atom. The highest BCUT2D eigenvalue weighted by molar-refractivity contribution is 6.04. The van der Waals surface area contributed by atoms with Crippen molar-refractivity contribution in [3.05, 3.63) is 143 Å². The average Bonchev–Trinajstić information content (AvgIpc) is 3.61. The Kier molecular flexibility index (Phi) is 5.59. The molecular formula is C32H24N6O. The van der Waals surface area contributed by atoms with Crippen LogP contribution in [0.25, 0.3) is 21.9 Å². The number of anilines is 1. The maximum atomic E-state index is 13.0. The quantitative estimate of drug-likeness (QED) is 0.285. The molecule has 2 aromatic heterocycles. The van der Waals surface area contributed by atoms with Gasteiger partial charge in [0.1, 0.15) is 17.4 Å². The highest BCUT2D eigenvalue weighted by atomic mass is 16.1. The fourth-order valence-corrected chi connectivity index (χ4v) is 5.11. The molecule has 0 saturated heterocycles. The first-order chi connectivity index (χ1) is 19.2. The van der Waals surface area contributed by atoms with Gasteiger partial charge in [-0.1, -0.05) is 91.0 Å². The lowest BCUT2D eigenvalue weighted by atomic mass is 9.98. The molecule has 0 amide bonds. The Balaban J connectivity index is 1.18. The number of aromatic amines is 1. The summed E-state index contributed by atoms with van der Waals surface area (Å²) in [4.78, 5) is 20.7. The van der Waals surface area contributed by atoms with Crippen molar-refractivity contribution in [1.82, 2.24) is 14.6 Å². The molecule has 4 aromatic carbocycles. The van der Waals surface area contributed by atoms with Crippen molar-refractivity contribution in [3.63, 3.8) is 0 Å². The molecule has 0 saturated carbocycles. The Bertz CT molecular complexity index is 1900. The van der Waals surface area contributed by atoms with Gasteiger partial charge in [0, 0.05) is 17.3 Å². The number of nitrogens with one attached hydrogen (secondary N) is 1. The van der Waals surface area contributed by atoms with E-state index in [4.69, 9.17) is 5.10 Å². The van der Waals surface area contributed by atoms with Crippen LogP contribution in [0.4, 0.5) is 5.69 Å². The van der Waals surface area contributed by atoms with E-state index in [1.165, 1.54) is 16.6 Å². The van der Waals surface area contributed by atoms with Crippen LogP contribution in [-0.2, 0) is 0 Å². The molecule has 1 unspecified atom stereocenters. The molecule has 1 N–H and O–H groups in total. The van der Waals surface area contributed by atoms with Gasteiger partial charge in [0.05, 0.1) is 23.7 Å². The normalized spacial score (nSPS) is 15.4. The minimum Gasteiger partial charge on any atom is -0.349 e. The van der Waals surface area contributed by atoms with Crippen molar-refractivity contribution in [2.24, 2.45) is 10.2 Å². The maximum Gasteiger partial charge on any atom is 0.298 e. The summed E-state index contributed by atoms with van der Waals surface area (Å²) in [5, 5.41) is 12.4.